The molecule has 0 aliphatic heterocycles. The molecule has 0 spiro atoms. The van der Waals surface area contributed by atoms with E-state index in [1.54, 1.807) is 31.4 Å². The fourth-order valence-corrected chi connectivity index (χ4v) is 5.09. The number of phenolic OH excluding ortho intramolecular Hbond substituents is 1. The predicted molar refractivity (Wildman–Crippen MR) is 177 cm³/mol. The number of benzene rings is 3. The zero-order valence-electron chi connectivity index (χ0n) is 27.7. The minimum absolute atomic E-state index is 0.0242. The zero-order chi connectivity index (χ0) is 32.5. The fraction of sp³-hybridized carbons (Fsp3) is 0.500. The molecular formula is C36H50N2O6. The Labute approximate surface area is 262 Å². The van der Waals surface area contributed by atoms with Gasteiger partial charge in [0.05, 0.1) is 25.9 Å². The van der Waals surface area contributed by atoms with Crippen LogP contribution in [0.5, 0.6) is 17.2 Å². The maximum absolute atomic E-state index is 13.4. The van der Waals surface area contributed by atoms with Crippen LogP contribution in [0.1, 0.15) is 99.1 Å². The molecule has 0 fully saturated rings. The van der Waals surface area contributed by atoms with Gasteiger partial charge in [0.25, 0.3) is 11.8 Å². The van der Waals surface area contributed by atoms with E-state index in [4.69, 9.17) is 14.2 Å². The highest BCUT2D eigenvalue weighted by Crippen LogP contribution is 2.41. The molecular weight excluding hydrogens is 556 g/mol. The van der Waals surface area contributed by atoms with Crippen LogP contribution >= 0.6 is 0 Å². The standard InChI is InChI=1S/C36H50N2O6/c1-9-35(3,4)24-17-18-28(27(23-24)36(5,6)10-2)44-21-14-13-19-37-34(41)30-31(39)26-16-12-11-15-25(26)29(32(30)43-8)33(40)38-20-22-42-7/h11-12,15-18,23,39H,9-10,13-14,19-22H2,1-8H3,(H,37,41)(H,38,40). The summed E-state index contributed by atoms with van der Waals surface area (Å²) in [5.74, 6) is -0.236. The van der Waals surface area contributed by atoms with E-state index in [9.17, 15) is 14.7 Å². The van der Waals surface area contributed by atoms with Crippen molar-refractivity contribution >= 4 is 22.6 Å². The van der Waals surface area contributed by atoms with Gasteiger partial charge >= 0.3 is 0 Å². The second-order valence-corrected chi connectivity index (χ2v) is 12.4. The van der Waals surface area contributed by atoms with Crippen molar-refractivity contribution in [3.05, 3.63) is 64.7 Å². The van der Waals surface area contributed by atoms with Crippen molar-refractivity contribution < 1.29 is 28.9 Å². The summed E-state index contributed by atoms with van der Waals surface area (Å²) in [6.45, 7) is 14.9. The molecule has 0 bridgehead atoms. The second-order valence-electron chi connectivity index (χ2n) is 12.4. The van der Waals surface area contributed by atoms with Crippen molar-refractivity contribution in [2.24, 2.45) is 0 Å². The Morgan fingerprint density at radius 2 is 1.43 bits per heavy atom. The van der Waals surface area contributed by atoms with Crippen LogP contribution in [0, 0.1) is 0 Å². The van der Waals surface area contributed by atoms with E-state index in [-0.39, 0.29) is 40.0 Å². The Balaban J connectivity index is 1.71. The number of methoxy groups -OCH3 is 2. The van der Waals surface area contributed by atoms with E-state index in [2.05, 4.69) is 70.4 Å². The number of amides is 2. The van der Waals surface area contributed by atoms with Gasteiger partial charge in [-0.2, -0.15) is 0 Å². The molecule has 0 saturated carbocycles. The largest absolute Gasteiger partial charge is 0.506 e. The lowest BCUT2D eigenvalue weighted by Crippen LogP contribution is -2.29. The average Bonchev–Trinajstić information content (AvgIpc) is 3.02. The topological polar surface area (TPSA) is 106 Å². The Morgan fingerprint density at radius 1 is 0.795 bits per heavy atom. The molecule has 0 radical (unpaired) electrons. The average molecular weight is 607 g/mol. The number of unbranched alkanes of at least 4 members (excludes halogenated alkanes) is 1. The molecule has 0 aliphatic carbocycles. The first-order valence-electron chi connectivity index (χ1n) is 15.6. The summed E-state index contributed by atoms with van der Waals surface area (Å²) in [7, 11) is 2.93. The summed E-state index contributed by atoms with van der Waals surface area (Å²) >= 11 is 0. The maximum Gasteiger partial charge on any atom is 0.258 e. The normalized spacial score (nSPS) is 11.8. The van der Waals surface area contributed by atoms with Crippen molar-refractivity contribution in [2.45, 2.75) is 78.1 Å². The summed E-state index contributed by atoms with van der Waals surface area (Å²) in [6.07, 6.45) is 3.44. The van der Waals surface area contributed by atoms with Crippen LogP contribution in [0.2, 0.25) is 0 Å². The number of ether oxygens (including phenoxy) is 3. The molecule has 2 amide bonds. The first-order chi connectivity index (χ1) is 20.9. The number of fused-ring (bicyclic) bond motifs is 1. The third-order valence-electron chi connectivity index (χ3n) is 8.76. The molecule has 0 heterocycles. The summed E-state index contributed by atoms with van der Waals surface area (Å²) in [5, 5.41) is 17.7. The third-order valence-corrected chi connectivity index (χ3v) is 8.76. The van der Waals surface area contributed by atoms with Crippen LogP contribution in [0.4, 0.5) is 0 Å². The fourth-order valence-electron chi connectivity index (χ4n) is 5.09. The number of phenols is 1. The van der Waals surface area contributed by atoms with Crippen LogP contribution in [0.25, 0.3) is 10.8 Å². The quantitative estimate of drug-likeness (QED) is 0.153. The third kappa shape index (κ3) is 7.83. The van der Waals surface area contributed by atoms with Crippen LogP contribution in [0.15, 0.2) is 42.5 Å². The van der Waals surface area contributed by atoms with Crippen molar-refractivity contribution in [1.82, 2.24) is 10.6 Å². The van der Waals surface area contributed by atoms with Gasteiger partial charge in [0.2, 0.25) is 0 Å². The van der Waals surface area contributed by atoms with Gasteiger partial charge in [-0.1, -0.05) is 77.9 Å². The summed E-state index contributed by atoms with van der Waals surface area (Å²) in [6, 6.07) is 13.5. The lowest BCUT2D eigenvalue weighted by molar-refractivity contribution is 0.0935. The highest BCUT2D eigenvalue weighted by Gasteiger charge is 2.29. The zero-order valence-corrected chi connectivity index (χ0v) is 27.7. The Morgan fingerprint density at radius 3 is 2.07 bits per heavy atom. The Bertz CT molecular complexity index is 1450. The van der Waals surface area contributed by atoms with E-state index < -0.39 is 11.8 Å². The first-order valence-corrected chi connectivity index (χ1v) is 15.6. The highest BCUT2D eigenvalue weighted by molar-refractivity contribution is 6.16. The SMILES string of the molecule is CCC(C)(C)c1ccc(OCCCCNC(=O)c2c(OC)c(C(=O)NCCOC)c3ccccc3c2O)c(C(C)(C)CC)c1. The van der Waals surface area contributed by atoms with E-state index in [0.717, 1.165) is 25.0 Å². The predicted octanol–water partition coefficient (Wildman–Crippen LogP) is 6.89. The first kappa shape index (κ1) is 34.7. The minimum atomic E-state index is -0.516. The van der Waals surface area contributed by atoms with E-state index >= 15 is 0 Å². The number of nitrogens with one attached hydrogen (secondary N) is 2. The molecule has 8 nitrogen and oxygen atoms in total. The number of carbonyl (C=O) groups is 2. The van der Waals surface area contributed by atoms with E-state index in [1.807, 2.05) is 0 Å². The van der Waals surface area contributed by atoms with Gasteiger partial charge in [0.15, 0.2) is 0 Å². The van der Waals surface area contributed by atoms with Crippen molar-refractivity contribution in [3.8, 4) is 17.2 Å². The van der Waals surface area contributed by atoms with Crippen molar-refractivity contribution in [3.63, 3.8) is 0 Å². The number of aromatic hydroxyl groups is 1. The van der Waals surface area contributed by atoms with Crippen LogP contribution in [-0.4, -0.2) is 57.4 Å². The minimum Gasteiger partial charge on any atom is -0.506 e. The van der Waals surface area contributed by atoms with Crippen molar-refractivity contribution in [1.29, 1.82) is 0 Å². The lowest BCUT2D eigenvalue weighted by Gasteiger charge is -2.30. The number of hydrogen-bond donors (Lipinski definition) is 3. The van der Waals surface area contributed by atoms with Gasteiger partial charge in [0, 0.05) is 36.5 Å². The molecule has 8 heteroatoms. The Hall–Kier alpha value is -3.78. The van der Waals surface area contributed by atoms with Crippen LogP contribution in [-0.2, 0) is 15.6 Å². The molecule has 0 atom stereocenters. The number of hydrogen-bond acceptors (Lipinski definition) is 6. The van der Waals surface area contributed by atoms with Crippen LogP contribution in [0.3, 0.4) is 0 Å². The maximum atomic E-state index is 13.4. The van der Waals surface area contributed by atoms with Crippen molar-refractivity contribution in [2.75, 3.05) is 40.5 Å². The van der Waals surface area contributed by atoms with E-state index in [0.29, 0.717) is 37.0 Å². The molecule has 3 aromatic rings. The van der Waals surface area contributed by atoms with Crippen LogP contribution < -0.4 is 20.1 Å². The molecule has 3 N–H and O–H groups in total. The summed E-state index contributed by atoms with van der Waals surface area (Å²) in [4.78, 5) is 26.5. The molecule has 240 valence electrons. The lowest BCUT2D eigenvalue weighted by atomic mass is 9.76. The van der Waals surface area contributed by atoms with Gasteiger partial charge in [-0.15, -0.1) is 0 Å². The molecule has 0 aromatic heterocycles. The molecule has 0 aliphatic rings. The molecule has 3 rings (SSSR count). The number of carbonyl (C=O) groups excluding carboxylic acids is 2. The van der Waals surface area contributed by atoms with Gasteiger partial charge < -0.3 is 30.0 Å². The molecule has 44 heavy (non-hydrogen) atoms. The monoisotopic (exact) mass is 606 g/mol. The Kier molecular flexibility index (Phi) is 12.1. The molecule has 3 aromatic carbocycles. The van der Waals surface area contributed by atoms with Gasteiger partial charge in [-0.25, -0.2) is 0 Å². The number of rotatable bonds is 16. The summed E-state index contributed by atoms with van der Waals surface area (Å²) in [5.41, 5.74) is 2.72. The smallest absolute Gasteiger partial charge is 0.258 e. The molecule has 0 unspecified atom stereocenters. The molecule has 0 saturated heterocycles. The highest BCUT2D eigenvalue weighted by atomic mass is 16.5. The van der Waals surface area contributed by atoms with Gasteiger partial charge in [-0.05, 0) is 48.1 Å². The van der Waals surface area contributed by atoms with Gasteiger partial charge in [-0.3, -0.25) is 9.59 Å². The second kappa shape index (κ2) is 15.3. The van der Waals surface area contributed by atoms with E-state index in [1.165, 1.54) is 18.2 Å². The summed E-state index contributed by atoms with van der Waals surface area (Å²) < 4.78 is 16.9. The van der Waals surface area contributed by atoms with Gasteiger partial charge in [0.1, 0.15) is 22.8 Å².